The minimum absolute atomic E-state index is 0.0137. The minimum Gasteiger partial charge on any atom is -0.494 e. The summed E-state index contributed by atoms with van der Waals surface area (Å²) in [6.45, 7) is 9.87. The fraction of sp³-hybridized carbons (Fsp3) is 0.500. The zero-order valence-electron chi connectivity index (χ0n) is 20.7. The van der Waals surface area contributed by atoms with Crippen molar-refractivity contribution in [2.24, 2.45) is 5.41 Å². The van der Waals surface area contributed by atoms with E-state index in [1.807, 2.05) is 47.1 Å². The average Bonchev–Trinajstić information content (AvgIpc) is 3.25. The number of anilines is 1. The molecule has 2 aliphatic heterocycles. The lowest BCUT2D eigenvalue weighted by Crippen LogP contribution is -2.45. The molecule has 2 saturated heterocycles. The molecule has 2 aliphatic rings. The average molecular weight is 464 g/mol. The molecule has 6 nitrogen and oxygen atoms in total. The molecule has 2 aromatic carbocycles. The van der Waals surface area contributed by atoms with Gasteiger partial charge in [-0.25, -0.2) is 4.79 Å². The third-order valence-corrected chi connectivity index (χ3v) is 7.53. The number of carbonyl (C=O) groups excluding carboxylic acids is 2. The number of ether oxygens (including phenoxy) is 1. The molecule has 0 aliphatic carbocycles. The molecular weight excluding hydrogens is 426 g/mol. The zero-order valence-corrected chi connectivity index (χ0v) is 20.7. The monoisotopic (exact) mass is 463 g/mol. The first-order valence-electron chi connectivity index (χ1n) is 12.4. The normalized spacial score (nSPS) is 17.1. The van der Waals surface area contributed by atoms with Crippen LogP contribution in [0, 0.1) is 26.2 Å². The molecule has 6 heteroatoms. The van der Waals surface area contributed by atoms with Crippen LogP contribution in [0.2, 0.25) is 0 Å². The lowest BCUT2D eigenvalue weighted by Gasteiger charge is -2.39. The van der Waals surface area contributed by atoms with E-state index < -0.39 is 0 Å². The third kappa shape index (κ3) is 5.72. The highest BCUT2D eigenvalue weighted by molar-refractivity contribution is 5.90. The van der Waals surface area contributed by atoms with Crippen LogP contribution in [-0.4, -0.2) is 54.5 Å². The van der Waals surface area contributed by atoms with Crippen molar-refractivity contribution >= 4 is 17.6 Å². The standard InChI is InChI=1S/C28H37N3O3/c1-21-18-23(3)25(19-22(21)2)29-27(33)31-16-13-28(20-31)11-14-30(15-12-28)26(32)10-7-17-34-24-8-5-4-6-9-24/h4-6,8-9,18-19H,7,10-17,20H2,1-3H3,(H,29,33). The van der Waals surface area contributed by atoms with E-state index in [0.29, 0.717) is 13.0 Å². The largest absolute Gasteiger partial charge is 0.494 e. The summed E-state index contributed by atoms with van der Waals surface area (Å²) in [5.41, 5.74) is 4.54. The van der Waals surface area contributed by atoms with Gasteiger partial charge < -0.3 is 19.9 Å². The second-order valence-electron chi connectivity index (χ2n) is 10.00. The Morgan fingerprint density at radius 1 is 0.912 bits per heavy atom. The van der Waals surface area contributed by atoms with Gasteiger partial charge in [0.15, 0.2) is 0 Å². The molecule has 0 bridgehead atoms. The molecule has 0 saturated carbocycles. The SMILES string of the molecule is Cc1cc(C)c(NC(=O)N2CCC3(CCN(C(=O)CCCOc4ccccc4)CC3)C2)cc1C. The summed E-state index contributed by atoms with van der Waals surface area (Å²) in [4.78, 5) is 29.6. The van der Waals surface area contributed by atoms with Gasteiger partial charge in [-0.15, -0.1) is 0 Å². The zero-order chi connectivity index (χ0) is 24.1. The number of nitrogens with one attached hydrogen (secondary N) is 1. The number of aryl methyl sites for hydroxylation is 3. The summed E-state index contributed by atoms with van der Waals surface area (Å²) in [7, 11) is 0. The van der Waals surface area contributed by atoms with Crippen LogP contribution in [-0.2, 0) is 4.79 Å². The Labute approximate surface area is 203 Å². The predicted molar refractivity (Wildman–Crippen MR) is 135 cm³/mol. The van der Waals surface area contributed by atoms with Gasteiger partial charge in [0.25, 0.3) is 0 Å². The van der Waals surface area contributed by atoms with E-state index in [9.17, 15) is 9.59 Å². The summed E-state index contributed by atoms with van der Waals surface area (Å²) in [5, 5.41) is 3.12. The molecule has 0 atom stereocenters. The molecule has 2 heterocycles. The number of carbonyl (C=O) groups is 2. The summed E-state index contributed by atoms with van der Waals surface area (Å²) < 4.78 is 5.70. The summed E-state index contributed by atoms with van der Waals surface area (Å²) in [6.07, 6.45) is 4.18. The Morgan fingerprint density at radius 2 is 1.56 bits per heavy atom. The van der Waals surface area contributed by atoms with Gasteiger partial charge in [0.2, 0.25) is 5.91 Å². The van der Waals surface area contributed by atoms with Crippen molar-refractivity contribution in [2.45, 2.75) is 52.9 Å². The van der Waals surface area contributed by atoms with Gasteiger partial charge in [0.1, 0.15) is 5.75 Å². The Kier molecular flexibility index (Phi) is 7.44. The molecule has 1 N–H and O–H groups in total. The Balaban J connectivity index is 1.21. The fourth-order valence-corrected chi connectivity index (χ4v) is 5.12. The molecule has 0 unspecified atom stereocenters. The van der Waals surface area contributed by atoms with E-state index in [4.69, 9.17) is 4.74 Å². The number of hydrogen-bond acceptors (Lipinski definition) is 3. The number of hydrogen-bond donors (Lipinski definition) is 1. The van der Waals surface area contributed by atoms with E-state index in [-0.39, 0.29) is 17.4 Å². The molecule has 182 valence electrons. The maximum atomic E-state index is 12.9. The van der Waals surface area contributed by atoms with Gasteiger partial charge in [-0.1, -0.05) is 24.3 Å². The second kappa shape index (κ2) is 10.5. The van der Waals surface area contributed by atoms with E-state index in [2.05, 4.69) is 31.3 Å². The van der Waals surface area contributed by atoms with Gasteiger partial charge in [0.05, 0.1) is 6.61 Å². The molecule has 0 radical (unpaired) electrons. The molecule has 2 aromatic rings. The first kappa shape index (κ1) is 24.1. The highest BCUT2D eigenvalue weighted by Gasteiger charge is 2.42. The van der Waals surface area contributed by atoms with Gasteiger partial charge >= 0.3 is 6.03 Å². The fourth-order valence-electron chi connectivity index (χ4n) is 5.12. The van der Waals surface area contributed by atoms with Gasteiger partial charge in [0, 0.05) is 38.3 Å². The Hall–Kier alpha value is -3.02. The molecule has 4 rings (SSSR count). The van der Waals surface area contributed by atoms with Crippen LogP contribution in [0.4, 0.5) is 10.5 Å². The van der Waals surface area contributed by atoms with E-state index >= 15 is 0 Å². The van der Waals surface area contributed by atoms with E-state index in [1.165, 1.54) is 11.1 Å². The first-order valence-corrected chi connectivity index (χ1v) is 12.4. The van der Waals surface area contributed by atoms with E-state index in [1.54, 1.807) is 0 Å². The number of likely N-dealkylation sites (tertiary alicyclic amines) is 2. The van der Waals surface area contributed by atoms with Crippen molar-refractivity contribution in [1.82, 2.24) is 9.80 Å². The van der Waals surface area contributed by atoms with Crippen LogP contribution in [0.15, 0.2) is 42.5 Å². The summed E-state index contributed by atoms with van der Waals surface area (Å²) in [6, 6.07) is 13.9. The maximum absolute atomic E-state index is 12.9. The molecule has 2 fully saturated rings. The van der Waals surface area contributed by atoms with Gasteiger partial charge in [-0.05, 0) is 86.8 Å². The highest BCUT2D eigenvalue weighted by atomic mass is 16.5. The second-order valence-corrected chi connectivity index (χ2v) is 10.00. The van der Waals surface area contributed by atoms with Crippen molar-refractivity contribution in [2.75, 3.05) is 38.1 Å². The summed E-state index contributed by atoms with van der Waals surface area (Å²) in [5.74, 6) is 1.06. The molecular formula is C28H37N3O3. The number of benzene rings is 2. The summed E-state index contributed by atoms with van der Waals surface area (Å²) >= 11 is 0. The van der Waals surface area contributed by atoms with Crippen molar-refractivity contribution in [3.05, 3.63) is 59.2 Å². The van der Waals surface area contributed by atoms with Crippen molar-refractivity contribution in [3.8, 4) is 5.75 Å². The van der Waals surface area contributed by atoms with E-state index in [0.717, 1.165) is 68.9 Å². The van der Waals surface area contributed by atoms with Gasteiger partial charge in [-0.2, -0.15) is 0 Å². The van der Waals surface area contributed by atoms with Crippen molar-refractivity contribution < 1.29 is 14.3 Å². The van der Waals surface area contributed by atoms with Crippen LogP contribution < -0.4 is 10.1 Å². The molecule has 1 spiro atoms. The lowest BCUT2D eigenvalue weighted by atomic mass is 9.77. The van der Waals surface area contributed by atoms with Crippen LogP contribution >= 0.6 is 0 Å². The number of rotatable bonds is 6. The Bertz CT molecular complexity index is 1010. The minimum atomic E-state index is -0.0137. The number of para-hydroxylation sites is 1. The van der Waals surface area contributed by atoms with Crippen LogP contribution in [0.3, 0.4) is 0 Å². The maximum Gasteiger partial charge on any atom is 0.321 e. The van der Waals surface area contributed by atoms with Crippen LogP contribution in [0.5, 0.6) is 5.75 Å². The number of nitrogens with zero attached hydrogens (tertiary/aromatic N) is 2. The predicted octanol–water partition coefficient (Wildman–Crippen LogP) is 5.32. The molecule has 34 heavy (non-hydrogen) atoms. The van der Waals surface area contributed by atoms with Gasteiger partial charge in [-0.3, -0.25) is 4.79 Å². The Morgan fingerprint density at radius 3 is 2.26 bits per heavy atom. The quantitative estimate of drug-likeness (QED) is 0.590. The number of piperidine rings is 1. The third-order valence-electron chi connectivity index (χ3n) is 7.53. The number of amides is 3. The van der Waals surface area contributed by atoms with Crippen LogP contribution in [0.25, 0.3) is 0 Å². The molecule has 0 aromatic heterocycles. The molecule has 3 amide bonds. The first-order chi connectivity index (χ1) is 16.3. The smallest absolute Gasteiger partial charge is 0.321 e. The lowest BCUT2D eigenvalue weighted by molar-refractivity contribution is -0.133. The van der Waals surface area contributed by atoms with Crippen LogP contribution in [0.1, 0.15) is 48.8 Å². The van der Waals surface area contributed by atoms with Crippen molar-refractivity contribution in [3.63, 3.8) is 0 Å². The topological polar surface area (TPSA) is 61.9 Å². The number of urea groups is 1. The highest BCUT2D eigenvalue weighted by Crippen LogP contribution is 2.40. The van der Waals surface area contributed by atoms with Crippen molar-refractivity contribution in [1.29, 1.82) is 0 Å².